The molecule has 2 amide bonds. The van der Waals surface area contributed by atoms with Crippen LogP contribution in [0.1, 0.15) is 27.5 Å². The van der Waals surface area contributed by atoms with Crippen molar-refractivity contribution in [1.82, 2.24) is 4.90 Å². The average Bonchev–Trinajstić information content (AvgIpc) is 3.65. The predicted octanol–water partition coefficient (Wildman–Crippen LogP) is 3.58. The Morgan fingerprint density at radius 3 is 2.38 bits per heavy atom. The third-order valence-corrected chi connectivity index (χ3v) is 8.17. The molecule has 3 aromatic carbocycles. The van der Waals surface area contributed by atoms with E-state index in [0.717, 1.165) is 11.1 Å². The van der Waals surface area contributed by atoms with Crippen molar-refractivity contribution in [2.24, 2.45) is 11.8 Å². The van der Waals surface area contributed by atoms with Crippen molar-refractivity contribution < 1.29 is 33.3 Å². The number of ether oxygens (including phenoxy) is 4. The second-order valence-corrected chi connectivity index (χ2v) is 10.1. The number of carbonyl (C=O) groups is 3. The monoisotopic (exact) mass is 522 g/mol. The summed E-state index contributed by atoms with van der Waals surface area (Å²) >= 11 is 0. The molecule has 1 unspecified atom stereocenters. The number of hydrogen-bond acceptors (Lipinski definition) is 8. The van der Waals surface area contributed by atoms with Gasteiger partial charge in [0, 0.05) is 17.8 Å². The van der Waals surface area contributed by atoms with Crippen molar-refractivity contribution in [1.29, 1.82) is 0 Å². The van der Waals surface area contributed by atoms with Gasteiger partial charge in [-0.15, -0.1) is 0 Å². The van der Waals surface area contributed by atoms with E-state index in [4.69, 9.17) is 18.9 Å². The highest BCUT2D eigenvalue weighted by molar-refractivity contribution is 6.24. The highest BCUT2D eigenvalue weighted by Crippen LogP contribution is 2.54. The molecule has 9 nitrogen and oxygen atoms in total. The maximum Gasteiger partial charge on any atom is 0.240 e. The Balaban J connectivity index is 1.24. The lowest BCUT2D eigenvalue weighted by molar-refractivity contribution is -0.123. The van der Waals surface area contributed by atoms with Crippen LogP contribution in [0.5, 0.6) is 23.0 Å². The number of ketones is 1. The standard InChI is InChI=1S/C30H22N2O7/c33-28(17-5-7-21-22(13-17)39-15-38-21)27-25-24(26-19-4-2-1-3-16(19)9-10-31(26)27)29(34)32(30(25)35)18-6-8-20-23(14-18)37-12-11-36-20/h1-10,13-14,24-27H,11-12,15H2/t24-,25+,26?,27-/m0/s1. The first-order valence-electron chi connectivity index (χ1n) is 12.9. The first-order valence-corrected chi connectivity index (χ1v) is 12.9. The summed E-state index contributed by atoms with van der Waals surface area (Å²) in [6, 6.07) is 16.5. The Morgan fingerprint density at radius 2 is 1.49 bits per heavy atom. The van der Waals surface area contributed by atoms with E-state index in [9.17, 15) is 14.4 Å². The van der Waals surface area contributed by atoms with Gasteiger partial charge in [-0.1, -0.05) is 24.3 Å². The van der Waals surface area contributed by atoms with Gasteiger partial charge in [0.05, 0.1) is 23.6 Å². The molecule has 194 valence electrons. The second-order valence-electron chi connectivity index (χ2n) is 10.1. The average molecular weight is 523 g/mol. The number of amides is 2. The Morgan fingerprint density at radius 1 is 0.769 bits per heavy atom. The Hall–Kier alpha value is -4.79. The molecule has 0 bridgehead atoms. The van der Waals surface area contributed by atoms with Gasteiger partial charge in [0.15, 0.2) is 28.8 Å². The van der Waals surface area contributed by atoms with Crippen LogP contribution in [0.3, 0.4) is 0 Å². The third kappa shape index (κ3) is 3.10. The van der Waals surface area contributed by atoms with Gasteiger partial charge in [0.25, 0.3) is 0 Å². The number of rotatable bonds is 3. The van der Waals surface area contributed by atoms with Gasteiger partial charge in [0.2, 0.25) is 18.6 Å². The summed E-state index contributed by atoms with van der Waals surface area (Å²) in [6.07, 6.45) is 3.77. The van der Waals surface area contributed by atoms with Gasteiger partial charge in [-0.25, -0.2) is 4.90 Å². The molecule has 0 radical (unpaired) electrons. The molecule has 3 aromatic rings. The lowest BCUT2D eigenvalue weighted by Gasteiger charge is -2.35. The van der Waals surface area contributed by atoms with Crippen LogP contribution in [0.15, 0.2) is 66.9 Å². The predicted molar refractivity (Wildman–Crippen MR) is 138 cm³/mol. The van der Waals surface area contributed by atoms with Gasteiger partial charge >= 0.3 is 0 Å². The topological polar surface area (TPSA) is 94.6 Å². The van der Waals surface area contributed by atoms with Crippen LogP contribution in [-0.2, 0) is 9.59 Å². The molecule has 5 aliphatic rings. The fourth-order valence-electron chi connectivity index (χ4n) is 6.50. The first kappa shape index (κ1) is 22.2. The maximum absolute atomic E-state index is 14.2. The molecule has 0 saturated carbocycles. The van der Waals surface area contributed by atoms with Gasteiger partial charge in [0.1, 0.15) is 19.3 Å². The third-order valence-electron chi connectivity index (χ3n) is 8.17. The van der Waals surface area contributed by atoms with E-state index < -0.39 is 29.8 Å². The van der Waals surface area contributed by atoms with Crippen LogP contribution in [0.4, 0.5) is 5.69 Å². The number of nitrogens with zero attached hydrogens (tertiary/aromatic N) is 2. The number of imide groups is 1. The van der Waals surface area contributed by atoms with Gasteiger partial charge in [-0.3, -0.25) is 14.4 Å². The molecule has 5 heterocycles. The van der Waals surface area contributed by atoms with Crippen molar-refractivity contribution in [3.63, 3.8) is 0 Å². The van der Waals surface area contributed by atoms with E-state index in [1.807, 2.05) is 41.4 Å². The molecule has 0 spiro atoms. The van der Waals surface area contributed by atoms with E-state index >= 15 is 0 Å². The lowest BCUT2D eigenvalue weighted by atomic mass is 9.83. The Kier molecular flexibility index (Phi) is 4.62. The molecule has 2 saturated heterocycles. The van der Waals surface area contributed by atoms with Crippen molar-refractivity contribution in [3.05, 3.63) is 83.6 Å². The molecular formula is C30H22N2O7. The van der Waals surface area contributed by atoms with Gasteiger partial charge < -0.3 is 23.8 Å². The molecule has 0 aromatic heterocycles. The summed E-state index contributed by atoms with van der Waals surface area (Å²) in [5.74, 6) is -0.488. The van der Waals surface area contributed by atoms with E-state index in [1.165, 1.54) is 4.90 Å². The summed E-state index contributed by atoms with van der Waals surface area (Å²) in [4.78, 5) is 45.5. The minimum Gasteiger partial charge on any atom is -0.486 e. The van der Waals surface area contributed by atoms with Crippen molar-refractivity contribution in [2.75, 3.05) is 24.9 Å². The van der Waals surface area contributed by atoms with E-state index in [-0.39, 0.29) is 18.5 Å². The maximum atomic E-state index is 14.2. The molecule has 5 aliphatic heterocycles. The highest BCUT2D eigenvalue weighted by atomic mass is 16.7. The molecule has 0 aliphatic carbocycles. The Labute approximate surface area is 223 Å². The summed E-state index contributed by atoms with van der Waals surface area (Å²) in [5, 5.41) is 0. The quantitative estimate of drug-likeness (QED) is 0.381. The van der Waals surface area contributed by atoms with Crippen LogP contribution in [0.25, 0.3) is 6.08 Å². The number of Topliss-reactive ketones (excluding diaryl/α,β-unsaturated/α-hetero) is 1. The smallest absolute Gasteiger partial charge is 0.240 e. The fraction of sp³-hybridized carbons (Fsp3) is 0.233. The largest absolute Gasteiger partial charge is 0.486 e. The zero-order valence-electron chi connectivity index (χ0n) is 20.6. The van der Waals surface area contributed by atoms with Crippen molar-refractivity contribution >= 4 is 29.4 Å². The summed E-state index contributed by atoms with van der Waals surface area (Å²) < 4.78 is 22.2. The molecule has 8 rings (SSSR count). The molecule has 39 heavy (non-hydrogen) atoms. The van der Waals surface area contributed by atoms with Crippen LogP contribution in [0.2, 0.25) is 0 Å². The first-order chi connectivity index (χ1) is 19.1. The number of benzene rings is 3. The van der Waals surface area contributed by atoms with E-state index in [0.29, 0.717) is 47.5 Å². The zero-order valence-corrected chi connectivity index (χ0v) is 20.6. The van der Waals surface area contributed by atoms with Gasteiger partial charge in [-0.2, -0.15) is 0 Å². The fourth-order valence-corrected chi connectivity index (χ4v) is 6.50. The van der Waals surface area contributed by atoms with Crippen LogP contribution >= 0.6 is 0 Å². The minimum absolute atomic E-state index is 0.0896. The zero-order chi connectivity index (χ0) is 26.2. The van der Waals surface area contributed by atoms with Crippen LogP contribution in [-0.4, -0.2) is 48.5 Å². The highest BCUT2D eigenvalue weighted by Gasteiger charge is 2.64. The lowest BCUT2D eigenvalue weighted by Crippen LogP contribution is -2.44. The summed E-state index contributed by atoms with van der Waals surface area (Å²) in [7, 11) is 0. The van der Waals surface area contributed by atoms with E-state index in [1.54, 1.807) is 36.4 Å². The normalized spacial score (nSPS) is 25.4. The number of fused-ring (bicyclic) bond motifs is 7. The molecule has 9 heteroatoms. The van der Waals surface area contributed by atoms with Gasteiger partial charge in [-0.05, 0) is 47.5 Å². The summed E-state index contributed by atoms with van der Waals surface area (Å²) in [5.41, 5.74) is 2.69. The number of hydrogen-bond donors (Lipinski definition) is 0. The second kappa shape index (κ2) is 8.10. The molecule has 2 fully saturated rings. The number of anilines is 1. The van der Waals surface area contributed by atoms with Crippen molar-refractivity contribution in [2.45, 2.75) is 12.1 Å². The molecule has 0 N–H and O–H groups in total. The molecule has 4 atom stereocenters. The SMILES string of the molecule is O=C(c1ccc2c(c1)OCO2)[C@@H]1[C@@H]2C(=O)N(c3ccc4c(c3)OCCO4)C(=O)[C@@H]2C2c3ccccc3C=CN21. The minimum atomic E-state index is -0.872. The summed E-state index contributed by atoms with van der Waals surface area (Å²) in [6.45, 7) is 0.911. The molecular weight excluding hydrogens is 500 g/mol. The van der Waals surface area contributed by atoms with Crippen molar-refractivity contribution in [3.8, 4) is 23.0 Å². The van der Waals surface area contributed by atoms with Crippen LogP contribution < -0.4 is 23.8 Å². The Bertz CT molecular complexity index is 1610. The van der Waals surface area contributed by atoms with E-state index in [2.05, 4.69) is 0 Å². The number of carbonyl (C=O) groups excluding carboxylic acids is 3. The van der Waals surface area contributed by atoms with Crippen LogP contribution in [0, 0.1) is 11.8 Å².